The highest BCUT2D eigenvalue weighted by Crippen LogP contribution is 2.20. The van der Waals surface area contributed by atoms with Gasteiger partial charge in [0.25, 0.3) is 10.0 Å². The van der Waals surface area contributed by atoms with Crippen molar-refractivity contribution in [3.8, 4) is 0 Å². The van der Waals surface area contributed by atoms with Gasteiger partial charge < -0.3 is 4.57 Å². The Kier molecular flexibility index (Phi) is 5.26. The summed E-state index contributed by atoms with van der Waals surface area (Å²) in [5.41, 5.74) is 3.40. The van der Waals surface area contributed by atoms with Crippen molar-refractivity contribution in [3.63, 3.8) is 0 Å². The predicted octanol–water partition coefficient (Wildman–Crippen LogP) is 4.44. The van der Waals surface area contributed by atoms with E-state index in [0.29, 0.717) is 11.8 Å². The molecular weight excluding hydrogens is 408 g/mol. The number of imidazole rings is 1. The maximum absolute atomic E-state index is 13.3. The van der Waals surface area contributed by atoms with Gasteiger partial charge in [-0.2, -0.15) is 0 Å². The maximum Gasteiger partial charge on any atom is 0.261 e. The predicted molar refractivity (Wildman–Crippen MR) is 112 cm³/mol. The second kappa shape index (κ2) is 7.87. The summed E-state index contributed by atoms with van der Waals surface area (Å²) in [7, 11) is -2.02. The summed E-state index contributed by atoms with van der Waals surface area (Å²) >= 11 is 0. The average molecular weight is 427 g/mol. The first-order valence-electron chi connectivity index (χ1n) is 9.31. The Bertz CT molecular complexity index is 1320. The lowest BCUT2D eigenvalue weighted by Crippen LogP contribution is -2.13. The van der Waals surface area contributed by atoms with E-state index < -0.39 is 21.7 Å². The molecule has 0 fully saturated rings. The van der Waals surface area contributed by atoms with E-state index in [1.165, 1.54) is 0 Å². The third kappa shape index (κ3) is 4.04. The minimum atomic E-state index is -4.01. The van der Waals surface area contributed by atoms with Crippen molar-refractivity contribution in [1.82, 2.24) is 9.55 Å². The summed E-state index contributed by atoms with van der Waals surface area (Å²) in [6.07, 6.45) is 1.48. The summed E-state index contributed by atoms with van der Waals surface area (Å²) < 4.78 is 55.6. The molecule has 0 aliphatic carbocycles. The summed E-state index contributed by atoms with van der Waals surface area (Å²) in [4.78, 5) is 4.31. The van der Waals surface area contributed by atoms with Gasteiger partial charge >= 0.3 is 0 Å². The van der Waals surface area contributed by atoms with E-state index in [0.717, 1.165) is 47.4 Å². The number of sulfonamides is 1. The standard InChI is InChI=1S/C22H19F2N3O2S/c1-27-21-5-3-2-4-20(21)25-22(27)13-8-15-6-9-16(10-7-15)26-30(28,29)17-11-12-18(23)19(24)14-17/h2-7,9-12,14,26H,8,13H2,1H3. The largest absolute Gasteiger partial charge is 0.331 e. The highest BCUT2D eigenvalue weighted by Gasteiger charge is 2.16. The van der Waals surface area contributed by atoms with Crippen molar-refractivity contribution >= 4 is 26.7 Å². The first-order valence-corrected chi connectivity index (χ1v) is 10.8. The molecule has 1 aromatic heterocycles. The Hall–Kier alpha value is -3.26. The number of hydrogen-bond donors (Lipinski definition) is 1. The zero-order valence-corrected chi connectivity index (χ0v) is 17.0. The third-order valence-corrected chi connectivity index (χ3v) is 6.30. The van der Waals surface area contributed by atoms with E-state index in [9.17, 15) is 17.2 Å². The van der Waals surface area contributed by atoms with Crippen LogP contribution >= 0.6 is 0 Å². The van der Waals surface area contributed by atoms with Gasteiger partial charge in [0.2, 0.25) is 0 Å². The SMILES string of the molecule is Cn1c(CCc2ccc(NS(=O)(=O)c3ccc(F)c(F)c3)cc2)nc2ccccc21. The van der Waals surface area contributed by atoms with Crippen molar-refractivity contribution in [2.45, 2.75) is 17.7 Å². The number of rotatable bonds is 6. The summed E-state index contributed by atoms with van der Waals surface area (Å²) in [6, 6.07) is 17.3. The summed E-state index contributed by atoms with van der Waals surface area (Å²) in [5, 5.41) is 0. The minimum Gasteiger partial charge on any atom is -0.331 e. The van der Waals surface area contributed by atoms with Gasteiger partial charge in [-0.15, -0.1) is 0 Å². The highest BCUT2D eigenvalue weighted by atomic mass is 32.2. The molecule has 0 aliphatic rings. The molecule has 5 nitrogen and oxygen atoms in total. The molecule has 0 radical (unpaired) electrons. The number of aromatic nitrogens is 2. The second-order valence-electron chi connectivity index (χ2n) is 6.95. The normalized spacial score (nSPS) is 11.7. The van der Waals surface area contributed by atoms with Crippen LogP contribution in [0.2, 0.25) is 0 Å². The van der Waals surface area contributed by atoms with E-state index in [1.807, 2.05) is 43.4 Å². The van der Waals surface area contributed by atoms with Crippen molar-refractivity contribution < 1.29 is 17.2 Å². The molecule has 8 heteroatoms. The topological polar surface area (TPSA) is 64.0 Å². The van der Waals surface area contributed by atoms with Gasteiger partial charge in [-0.25, -0.2) is 22.2 Å². The number of nitrogens with zero attached hydrogens (tertiary/aromatic N) is 2. The molecule has 0 spiro atoms. The van der Waals surface area contributed by atoms with Crippen molar-refractivity contribution in [2.75, 3.05) is 4.72 Å². The number of aryl methyl sites for hydroxylation is 3. The van der Waals surface area contributed by atoms with Crippen LogP contribution in [0.4, 0.5) is 14.5 Å². The number of hydrogen-bond acceptors (Lipinski definition) is 3. The molecule has 1 N–H and O–H groups in total. The van der Waals surface area contributed by atoms with Crippen LogP contribution in [0.25, 0.3) is 11.0 Å². The first-order chi connectivity index (χ1) is 14.3. The fourth-order valence-corrected chi connectivity index (χ4v) is 4.34. The lowest BCUT2D eigenvalue weighted by atomic mass is 10.1. The van der Waals surface area contributed by atoms with Crippen molar-refractivity contribution in [2.24, 2.45) is 7.05 Å². The molecule has 154 valence electrons. The molecule has 0 unspecified atom stereocenters. The number of para-hydroxylation sites is 2. The highest BCUT2D eigenvalue weighted by molar-refractivity contribution is 7.92. The molecule has 4 aromatic rings. The Morgan fingerprint density at radius 3 is 2.37 bits per heavy atom. The van der Waals surface area contributed by atoms with E-state index in [1.54, 1.807) is 12.1 Å². The maximum atomic E-state index is 13.3. The van der Waals surface area contributed by atoms with Gasteiger partial charge in [-0.1, -0.05) is 24.3 Å². The number of fused-ring (bicyclic) bond motifs is 1. The first kappa shape index (κ1) is 20.0. The Morgan fingerprint density at radius 1 is 0.933 bits per heavy atom. The second-order valence-corrected chi connectivity index (χ2v) is 8.64. The van der Waals surface area contributed by atoms with Crippen molar-refractivity contribution in [1.29, 1.82) is 0 Å². The monoisotopic (exact) mass is 427 g/mol. The quantitative estimate of drug-likeness (QED) is 0.495. The molecule has 0 bridgehead atoms. The molecule has 4 rings (SSSR count). The molecule has 0 amide bonds. The van der Waals surface area contributed by atoms with Gasteiger partial charge in [0.15, 0.2) is 11.6 Å². The van der Waals surface area contributed by atoms with E-state index in [2.05, 4.69) is 14.3 Å². The molecule has 0 aliphatic heterocycles. The number of benzene rings is 3. The Labute approximate surface area is 173 Å². The molecular formula is C22H19F2N3O2S. The zero-order valence-electron chi connectivity index (χ0n) is 16.1. The molecule has 1 heterocycles. The van der Waals surface area contributed by atoms with Gasteiger partial charge in [0, 0.05) is 19.2 Å². The fourth-order valence-electron chi connectivity index (χ4n) is 3.27. The third-order valence-electron chi connectivity index (χ3n) is 4.92. The van der Waals surface area contributed by atoms with Crippen LogP contribution in [0.3, 0.4) is 0 Å². The molecule has 0 atom stereocenters. The Balaban J connectivity index is 1.44. The summed E-state index contributed by atoms with van der Waals surface area (Å²) in [5.74, 6) is -1.34. The number of halogens is 2. The molecule has 30 heavy (non-hydrogen) atoms. The van der Waals surface area contributed by atoms with Gasteiger partial charge in [0.05, 0.1) is 15.9 Å². The summed E-state index contributed by atoms with van der Waals surface area (Å²) in [6.45, 7) is 0. The Morgan fingerprint density at radius 2 is 1.67 bits per heavy atom. The minimum absolute atomic E-state index is 0.339. The lowest BCUT2D eigenvalue weighted by molar-refractivity contribution is 0.504. The van der Waals surface area contributed by atoms with Crippen LogP contribution in [0.5, 0.6) is 0 Å². The van der Waals surface area contributed by atoms with Crippen LogP contribution in [0.15, 0.2) is 71.6 Å². The van der Waals surface area contributed by atoms with Crippen LogP contribution in [-0.2, 0) is 29.9 Å². The molecule has 0 saturated carbocycles. The zero-order chi connectivity index (χ0) is 21.3. The van der Waals surface area contributed by atoms with Gasteiger partial charge in [0.1, 0.15) is 5.82 Å². The van der Waals surface area contributed by atoms with Crippen LogP contribution < -0.4 is 4.72 Å². The van der Waals surface area contributed by atoms with Crippen LogP contribution in [-0.4, -0.2) is 18.0 Å². The smallest absolute Gasteiger partial charge is 0.261 e. The molecule has 0 saturated heterocycles. The van der Waals surface area contributed by atoms with E-state index in [4.69, 9.17) is 0 Å². The fraction of sp³-hybridized carbons (Fsp3) is 0.136. The number of anilines is 1. The lowest BCUT2D eigenvalue weighted by Gasteiger charge is -2.09. The number of nitrogens with one attached hydrogen (secondary N) is 1. The molecule has 3 aromatic carbocycles. The van der Waals surface area contributed by atoms with Gasteiger partial charge in [-0.05, 0) is 54.4 Å². The van der Waals surface area contributed by atoms with E-state index >= 15 is 0 Å². The van der Waals surface area contributed by atoms with Gasteiger partial charge in [-0.3, -0.25) is 4.72 Å². The van der Waals surface area contributed by atoms with Crippen LogP contribution in [0, 0.1) is 11.6 Å². The van der Waals surface area contributed by atoms with Crippen LogP contribution in [0.1, 0.15) is 11.4 Å². The van der Waals surface area contributed by atoms with E-state index in [-0.39, 0.29) is 4.90 Å². The van der Waals surface area contributed by atoms with Crippen molar-refractivity contribution in [3.05, 3.63) is 89.8 Å². The average Bonchev–Trinajstić information content (AvgIpc) is 3.05.